The lowest BCUT2D eigenvalue weighted by Crippen LogP contribution is -2.08. The van der Waals surface area contributed by atoms with Crippen molar-refractivity contribution >= 4 is 0 Å². The largest absolute Gasteiger partial charge is 0.493 e. The van der Waals surface area contributed by atoms with Crippen LogP contribution in [0, 0.1) is 5.92 Å². The van der Waals surface area contributed by atoms with E-state index in [4.69, 9.17) is 10.5 Å². The quantitative estimate of drug-likeness (QED) is 0.802. The molecule has 15 heavy (non-hydrogen) atoms. The molecule has 0 radical (unpaired) electrons. The molecular weight excluding hydrogens is 186 g/mol. The van der Waals surface area contributed by atoms with E-state index in [0.717, 1.165) is 24.7 Å². The van der Waals surface area contributed by atoms with E-state index < -0.39 is 0 Å². The lowest BCUT2D eigenvalue weighted by molar-refractivity contribution is 0.299. The summed E-state index contributed by atoms with van der Waals surface area (Å²) in [4.78, 5) is 0. The molecule has 1 aromatic carbocycles. The Kier molecular flexibility index (Phi) is 3.27. The Labute approximate surface area is 91.4 Å². The summed E-state index contributed by atoms with van der Waals surface area (Å²) >= 11 is 0. The molecule has 0 spiro atoms. The Hall–Kier alpha value is -1.02. The maximum Gasteiger partial charge on any atom is 0.119 e. The number of hydrogen-bond donors (Lipinski definition) is 1. The molecule has 1 aromatic rings. The summed E-state index contributed by atoms with van der Waals surface area (Å²) in [5, 5.41) is 0. The van der Waals surface area contributed by atoms with Gasteiger partial charge < -0.3 is 10.5 Å². The molecule has 1 fully saturated rings. The maximum atomic E-state index is 5.98. The molecule has 0 heterocycles. The van der Waals surface area contributed by atoms with Crippen LogP contribution in [0.5, 0.6) is 5.75 Å². The zero-order valence-corrected chi connectivity index (χ0v) is 9.28. The topological polar surface area (TPSA) is 35.2 Å². The summed E-state index contributed by atoms with van der Waals surface area (Å²) in [6.07, 6.45) is 3.62. The van der Waals surface area contributed by atoms with Gasteiger partial charge in [0.05, 0.1) is 6.61 Å². The molecule has 82 valence electrons. The Morgan fingerprint density at radius 3 is 2.93 bits per heavy atom. The van der Waals surface area contributed by atoms with Crippen molar-refractivity contribution in [2.24, 2.45) is 11.7 Å². The number of nitrogens with two attached hydrogens (primary N) is 1. The Bertz CT molecular complexity index is 320. The lowest BCUT2D eigenvalue weighted by Gasteiger charge is -2.11. The van der Waals surface area contributed by atoms with Crippen molar-refractivity contribution < 1.29 is 4.74 Å². The molecule has 0 amide bonds. The zero-order chi connectivity index (χ0) is 10.7. The fourth-order valence-corrected chi connectivity index (χ4v) is 1.57. The van der Waals surface area contributed by atoms with Crippen LogP contribution in [-0.2, 0) is 0 Å². The molecule has 1 unspecified atom stereocenters. The van der Waals surface area contributed by atoms with E-state index in [-0.39, 0.29) is 6.04 Å². The van der Waals surface area contributed by atoms with Gasteiger partial charge in [0.15, 0.2) is 0 Å². The normalized spacial score (nSPS) is 17.5. The van der Waals surface area contributed by atoms with Gasteiger partial charge in [0.25, 0.3) is 0 Å². The third kappa shape index (κ3) is 2.96. The zero-order valence-electron chi connectivity index (χ0n) is 9.28. The first-order valence-corrected chi connectivity index (χ1v) is 5.78. The first kappa shape index (κ1) is 10.5. The predicted octanol–water partition coefficient (Wildman–Crippen LogP) is 2.89. The van der Waals surface area contributed by atoms with Gasteiger partial charge in [-0.15, -0.1) is 0 Å². The van der Waals surface area contributed by atoms with Crippen molar-refractivity contribution in [3.05, 3.63) is 29.8 Å². The molecule has 0 aromatic heterocycles. The van der Waals surface area contributed by atoms with Gasteiger partial charge in [-0.3, -0.25) is 0 Å². The Morgan fingerprint density at radius 2 is 2.27 bits per heavy atom. The minimum Gasteiger partial charge on any atom is -0.493 e. The second kappa shape index (κ2) is 4.67. The van der Waals surface area contributed by atoms with Crippen molar-refractivity contribution in [2.45, 2.75) is 32.2 Å². The summed E-state index contributed by atoms with van der Waals surface area (Å²) in [6, 6.07) is 8.30. The van der Waals surface area contributed by atoms with E-state index in [1.54, 1.807) is 0 Å². The Balaban J connectivity index is 1.97. The molecule has 2 rings (SSSR count). The van der Waals surface area contributed by atoms with Crippen LogP contribution in [-0.4, -0.2) is 6.61 Å². The average molecular weight is 205 g/mol. The van der Waals surface area contributed by atoms with Gasteiger partial charge >= 0.3 is 0 Å². The van der Waals surface area contributed by atoms with Gasteiger partial charge in [-0.25, -0.2) is 0 Å². The summed E-state index contributed by atoms with van der Waals surface area (Å²) in [7, 11) is 0. The molecule has 1 aliphatic rings. The molecule has 0 aliphatic heterocycles. The number of ether oxygens (including phenoxy) is 1. The first-order valence-electron chi connectivity index (χ1n) is 5.78. The van der Waals surface area contributed by atoms with Gasteiger partial charge in [0.1, 0.15) is 5.75 Å². The van der Waals surface area contributed by atoms with E-state index in [2.05, 4.69) is 19.1 Å². The smallest absolute Gasteiger partial charge is 0.119 e. The lowest BCUT2D eigenvalue weighted by atomic mass is 10.1. The van der Waals surface area contributed by atoms with Crippen molar-refractivity contribution in [3.8, 4) is 5.75 Å². The van der Waals surface area contributed by atoms with Gasteiger partial charge in [-0.1, -0.05) is 19.1 Å². The van der Waals surface area contributed by atoms with Crippen LogP contribution in [0.4, 0.5) is 0 Å². The monoisotopic (exact) mass is 205 g/mol. The Morgan fingerprint density at radius 1 is 1.47 bits per heavy atom. The third-order valence-electron chi connectivity index (χ3n) is 2.91. The molecule has 2 nitrogen and oxygen atoms in total. The fraction of sp³-hybridized carbons (Fsp3) is 0.538. The van der Waals surface area contributed by atoms with Gasteiger partial charge in [0.2, 0.25) is 0 Å². The van der Waals surface area contributed by atoms with Crippen LogP contribution in [0.25, 0.3) is 0 Å². The number of rotatable bonds is 5. The summed E-state index contributed by atoms with van der Waals surface area (Å²) in [6.45, 7) is 2.97. The van der Waals surface area contributed by atoms with E-state index in [1.807, 2.05) is 12.1 Å². The molecule has 1 atom stereocenters. The van der Waals surface area contributed by atoms with Crippen molar-refractivity contribution in [1.29, 1.82) is 0 Å². The van der Waals surface area contributed by atoms with Crippen LogP contribution in [0.2, 0.25) is 0 Å². The minimum atomic E-state index is 0.134. The second-order valence-corrected chi connectivity index (χ2v) is 4.34. The van der Waals surface area contributed by atoms with Crippen LogP contribution in [0.3, 0.4) is 0 Å². The first-order chi connectivity index (χ1) is 7.29. The fourth-order valence-electron chi connectivity index (χ4n) is 1.57. The van der Waals surface area contributed by atoms with E-state index >= 15 is 0 Å². The third-order valence-corrected chi connectivity index (χ3v) is 2.91. The van der Waals surface area contributed by atoms with Crippen LogP contribution >= 0.6 is 0 Å². The van der Waals surface area contributed by atoms with Crippen LogP contribution in [0.15, 0.2) is 24.3 Å². The highest BCUT2D eigenvalue weighted by Crippen LogP contribution is 2.30. The van der Waals surface area contributed by atoms with Gasteiger partial charge in [-0.2, -0.15) is 0 Å². The van der Waals surface area contributed by atoms with E-state index in [1.165, 1.54) is 18.4 Å². The maximum absolute atomic E-state index is 5.98. The van der Waals surface area contributed by atoms with Gasteiger partial charge in [0, 0.05) is 6.04 Å². The molecular formula is C13H19NO. The SMILES string of the molecule is CCC(N)c1cccc(OCC2CC2)c1. The predicted molar refractivity (Wildman–Crippen MR) is 61.9 cm³/mol. The standard InChI is InChI=1S/C13H19NO/c1-2-13(14)11-4-3-5-12(8-11)15-9-10-6-7-10/h3-5,8,10,13H,2,6-7,9,14H2,1H3. The minimum absolute atomic E-state index is 0.134. The number of hydrogen-bond acceptors (Lipinski definition) is 2. The highest BCUT2D eigenvalue weighted by Gasteiger charge is 2.21. The van der Waals surface area contributed by atoms with Crippen molar-refractivity contribution in [3.63, 3.8) is 0 Å². The van der Waals surface area contributed by atoms with Crippen LogP contribution in [0.1, 0.15) is 37.8 Å². The van der Waals surface area contributed by atoms with E-state index in [0.29, 0.717) is 0 Å². The highest BCUT2D eigenvalue weighted by atomic mass is 16.5. The van der Waals surface area contributed by atoms with Crippen molar-refractivity contribution in [1.82, 2.24) is 0 Å². The van der Waals surface area contributed by atoms with Crippen molar-refractivity contribution in [2.75, 3.05) is 6.61 Å². The van der Waals surface area contributed by atoms with E-state index in [9.17, 15) is 0 Å². The summed E-state index contributed by atoms with van der Waals surface area (Å²) < 4.78 is 5.71. The van der Waals surface area contributed by atoms with Gasteiger partial charge in [-0.05, 0) is 42.9 Å². The molecule has 2 heteroatoms. The summed E-state index contributed by atoms with van der Waals surface area (Å²) in [5.74, 6) is 1.76. The molecule has 1 saturated carbocycles. The van der Waals surface area contributed by atoms with Crippen LogP contribution < -0.4 is 10.5 Å². The molecule has 1 aliphatic carbocycles. The molecule has 2 N–H and O–H groups in total. The second-order valence-electron chi connectivity index (χ2n) is 4.34. The summed E-state index contributed by atoms with van der Waals surface area (Å²) in [5.41, 5.74) is 7.15. The average Bonchev–Trinajstić information content (AvgIpc) is 3.09. The highest BCUT2D eigenvalue weighted by molar-refractivity contribution is 5.30. The number of benzene rings is 1. The molecule has 0 bridgehead atoms. The molecule has 0 saturated heterocycles.